The highest BCUT2D eigenvalue weighted by Gasteiger charge is 2.50. The van der Waals surface area contributed by atoms with E-state index in [4.69, 9.17) is 13.9 Å². The smallest absolute Gasteiger partial charge is 0.287 e. The fourth-order valence-electron chi connectivity index (χ4n) is 5.55. The Labute approximate surface area is 221 Å². The lowest BCUT2D eigenvalue weighted by Crippen LogP contribution is -2.61. The maximum absolute atomic E-state index is 13.3. The van der Waals surface area contributed by atoms with Gasteiger partial charge in [-0.1, -0.05) is 55.7 Å². The highest BCUT2D eigenvalue weighted by Crippen LogP contribution is 2.38. The van der Waals surface area contributed by atoms with E-state index in [0.717, 1.165) is 41.3 Å². The quantitative estimate of drug-likeness (QED) is 0.478. The minimum atomic E-state index is -1.03. The Morgan fingerprint density at radius 1 is 0.921 bits per heavy atom. The number of nitrogens with zero attached hydrogens (tertiary/aromatic N) is 1. The van der Waals surface area contributed by atoms with Crippen molar-refractivity contribution >= 4 is 22.8 Å². The molecule has 3 fully saturated rings. The Bertz CT molecular complexity index is 1410. The van der Waals surface area contributed by atoms with Crippen molar-refractivity contribution in [2.24, 2.45) is 0 Å². The second kappa shape index (κ2) is 9.26. The maximum Gasteiger partial charge on any atom is 0.287 e. The first-order valence-corrected chi connectivity index (χ1v) is 13.2. The van der Waals surface area contributed by atoms with E-state index in [9.17, 15) is 14.9 Å². The topological polar surface area (TPSA) is 114 Å². The number of amides is 2. The first kappa shape index (κ1) is 24.7. The fraction of sp³-hybridized carbons (Fsp3) is 0.433. The van der Waals surface area contributed by atoms with Gasteiger partial charge in [-0.15, -0.1) is 0 Å². The predicted molar refractivity (Wildman–Crippen MR) is 140 cm³/mol. The van der Waals surface area contributed by atoms with Crippen molar-refractivity contribution in [2.45, 2.75) is 61.6 Å². The van der Waals surface area contributed by atoms with Gasteiger partial charge >= 0.3 is 0 Å². The van der Waals surface area contributed by atoms with E-state index in [0.29, 0.717) is 44.5 Å². The van der Waals surface area contributed by atoms with Crippen molar-refractivity contribution in [1.29, 1.82) is 5.26 Å². The van der Waals surface area contributed by atoms with E-state index < -0.39 is 17.0 Å². The number of benzene rings is 2. The molecule has 0 atom stereocenters. The number of methoxy groups -OCH3 is 1. The van der Waals surface area contributed by atoms with Crippen LogP contribution in [0.2, 0.25) is 0 Å². The molecule has 1 saturated heterocycles. The number of furan rings is 1. The van der Waals surface area contributed by atoms with Crippen molar-refractivity contribution in [2.75, 3.05) is 20.3 Å². The second-order valence-electron chi connectivity index (χ2n) is 10.9. The highest BCUT2D eigenvalue weighted by atomic mass is 16.6. The zero-order chi connectivity index (χ0) is 26.4. The molecule has 1 aliphatic heterocycles. The Morgan fingerprint density at radius 2 is 1.63 bits per heavy atom. The summed E-state index contributed by atoms with van der Waals surface area (Å²) in [5.74, 6) is -0.521. The Kier molecular flexibility index (Phi) is 6.01. The van der Waals surface area contributed by atoms with E-state index in [1.165, 1.54) is 0 Å². The minimum Gasteiger partial charge on any atom is -0.451 e. The van der Waals surface area contributed by atoms with Crippen molar-refractivity contribution in [3.05, 3.63) is 59.9 Å². The highest BCUT2D eigenvalue weighted by molar-refractivity contribution is 6.00. The molecule has 0 spiro atoms. The lowest BCUT2D eigenvalue weighted by atomic mass is 9.80. The summed E-state index contributed by atoms with van der Waals surface area (Å²) >= 11 is 0. The van der Waals surface area contributed by atoms with Crippen LogP contribution in [0.25, 0.3) is 22.1 Å². The maximum atomic E-state index is 13.3. The van der Waals surface area contributed by atoms with E-state index in [2.05, 4.69) is 28.8 Å². The number of rotatable bonds is 7. The number of nitriles is 1. The first-order valence-electron chi connectivity index (χ1n) is 13.2. The molecule has 1 aromatic heterocycles. The lowest BCUT2D eigenvalue weighted by molar-refractivity contribution is -0.202. The molecule has 0 unspecified atom stereocenters. The van der Waals surface area contributed by atoms with Crippen LogP contribution in [0.1, 0.15) is 61.1 Å². The SMILES string of the molecule is COC1(c2ccc(-c3ccc4cc(C(=O)NC5(C(=O)NC6(C#N)CC6)CCCCC5)oc4c3)cc2)COC1. The number of hydrogen-bond acceptors (Lipinski definition) is 6. The zero-order valence-electron chi connectivity index (χ0n) is 21.5. The number of fused-ring (bicyclic) bond motifs is 1. The van der Waals surface area contributed by atoms with E-state index in [1.807, 2.05) is 30.3 Å². The van der Waals surface area contributed by atoms with Crippen LogP contribution in [0.15, 0.2) is 52.9 Å². The molecule has 196 valence electrons. The van der Waals surface area contributed by atoms with Crippen LogP contribution >= 0.6 is 0 Å². The summed E-state index contributed by atoms with van der Waals surface area (Å²) in [6, 6.07) is 18.0. The van der Waals surface area contributed by atoms with Gasteiger partial charge in [0.25, 0.3) is 5.91 Å². The van der Waals surface area contributed by atoms with Gasteiger partial charge in [-0.05, 0) is 54.5 Å². The Morgan fingerprint density at radius 3 is 2.24 bits per heavy atom. The largest absolute Gasteiger partial charge is 0.451 e. The molecular weight excluding hydrogens is 482 g/mol. The van der Waals surface area contributed by atoms with Crippen LogP contribution in [-0.2, 0) is 19.9 Å². The van der Waals surface area contributed by atoms with Gasteiger partial charge in [0.15, 0.2) is 5.76 Å². The summed E-state index contributed by atoms with van der Waals surface area (Å²) in [6.07, 6.45) is 5.09. The Balaban J connectivity index is 1.21. The van der Waals surface area contributed by atoms with Crippen LogP contribution in [0.3, 0.4) is 0 Å². The molecule has 6 rings (SSSR count). The second-order valence-corrected chi connectivity index (χ2v) is 10.9. The van der Waals surface area contributed by atoms with Crippen molar-refractivity contribution in [1.82, 2.24) is 10.6 Å². The standard InChI is InChI=1S/C30H31N3O5/c1-36-30(18-37-19-30)23-9-7-20(8-10-23)21-5-6-22-16-25(38-24(22)15-21)26(34)32-29(11-3-2-4-12-29)27(35)33-28(17-31)13-14-28/h5-10,15-16H,2-4,11-14,18-19H2,1H3,(H,32,34)(H,33,35). The minimum absolute atomic E-state index is 0.165. The average Bonchev–Trinajstić information content (AvgIpc) is 3.56. The average molecular weight is 514 g/mol. The third-order valence-electron chi connectivity index (χ3n) is 8.36. The molecule has 3 aliphatic rings. The molecule has 2 aromatic carbocycles. The van der Waals surface area contributed by atoms with Crippen molar-refractivity contribution in [3.63, 3.8) is 0 Å². The van der Waals surface area contributed by atoms with E-state index in [-0.39, 0.29) is 17.3 Å². The summed E-state index contributed by atoms with van der Waals surface area (Å²) in [5.41, 5.74) is 1.49. The van der Waals surface area contributed by atoms with E-state index >= 15 is 0 Å². The third-order valence-corrected chi connectivity index (χ3v) is 8.36. The fourth-order valence-corrected chi connectivity index (χ4v) is 5.55. The molecule has 0 bridgehead atoms. The van der Waals surface area contributed by atoms with Gasteiger partial charge < -0.3 is 24.5 Å². The van der Waals surface area contributed by atoms with Gasteiger partial charge in [0.2, 0.25) is 5.91 Å². The van der Waals surface area contributed by atoms with Gasteiger partial charge in [0.05, 0.1) is 19.3 Å². The van der Waals surface area contributed by atoms with Crippen LogP contribution in [0.4, 0.5) is 0 Å². The number of hydrogen-bond donors (Lipinski definition) is 2. The van der Waals surface area contributed by atoms with Crippen molar-refractivity contribution in [3.8, 4) is 17.2 Å². The summed E-state index contributed by atoms with van der Waals surface area (Å²) in [6.45, 7) is 1.10. The Hall–Kier alpha value is -3.67. The number of carbonyl (C=O) groups excluding carboxylic acids is 2. The van der Waals surface area contributed by atoms with Crippen LogP contribution in [0.5, 0.6) is 0 Å². The molecule has 3 aromatic rings. The number of ether oxygens (including phenoxy) is 2. The van der Waals surface area contributed by atoms with Gasteiger partial charge in [-0.2, -0.15) is 5.26 Å². The molecule has 38 heavy (non-hydrogen) atoms. The third kappa shape index (κ3) is 4.26. The molecule has 8 nitrogen and oxygen atoms in total. The molecule has 2 N–H and O–H groups in total. The monoisotopic (exact) mass is 513 g/mol. The molecule has 2 amide bonds. The molecule has 2 aliphatic carbocycles. The van der Waals surface area contributed by atoms with Gasteiger partial charge in [0.1, 0.15) is 22.3 Å². The van der Waals surface area contributed by atoms with Gasteiger partial charge in [-0.3, -0.25) is 9.59 Å². The van der Waals surface area contributed by atoms with Crippen LogP contribution in [0, 0.1) is 11.3 Å². The summed E-state index contributed by atoms with van der Waals surface area (Å²) in [4.78, 5) is 26.6. The molecular formula is C30H31N3O5. The molecule has 8 heteroatoms. The van der Waals surface area contributed by atoms with Gasteiger partial charge in [0, 0.05) is 12.5 Å². The number of carbonyl (C=O) groups is 2. The van der Waals surface area contributed by atoms with E-state index in [1.54, 1.807) is 13.2 Å². The molecule has 0 radical (unpaired) electrons. The summed E-state index contributed by atoms with van der Waals surface area (Å²) in [7, 11) is 1.70. The molecule has 2 heterocycles. The first-order chi connectivity index (χ1) is 18.4. The van der Waals surface area contributed by atoms with Gasteiger partial charge in [-0.25, -0.2) is 0 Å². The van der Waals surface area contributed by atoms with Crippen LogP contribution < -0.4 is 10.6 Å². The lowest BCUT2D eigenvalue weighted by Gasteiger charge is -2.40. The van der Waals surface area contributed by atoms with Crippen molar-refractivity contribution < 1.29 is 23.5 Å². The summed E-state index contributed by atoms with van der Waals surface area (Å²) < 4.78 is 17.0. The normalized spacial score (nSPS) is 20.6. The zero-order valence-corrected chi connectivity index (χ0v) is 21.5. The summed E-state index contributed by atoms with van der Waals surface area (Å²) in [5, 5.41) is 16.1. The predicted octanol–water partition coefficient (Wildman–Crippen LogP) is 4.58. The number of nitrogens with one attached hydrogen (secondary N) is 2. The van der Waals surface area contributed by atoms with Crippen LogP contribution in [-0.4, -0.2) is 43.2 Å². The molecule has 2 saturated carbocycles.